The minimum atomic E-state index is -0.466. The molecular weight excluding hydrogens is 344 g/mol. The summed E-state index contributed by atoms with van der Waals surface area (Å²) < 4.78 is 0. The third-order valence-corrected chi connectivity index (χ3v) is 4.71. The summed E-state index contributed by atoms with van der Waals surface area (Å²) in [5, 5.41) is 15.9. The molecule has 144 valence electrons. The topological polar surface area (TPSA) is 93.3 Å². The summed E-state index contributed by atoms with van der Waals surface area (Å²) >= 11 is 0. The Kier molecular flexibility index (Phi) is 7.04. The van der Waals surface area contributed by atoms with Crippen molar-refractivity contribution in [1.29, 1.82) is 0 Å². The number of carbonyl (C=O) groups excluding carboxylic acids is 1. The van der Waals surface area contributed by atoms with Crippen LogP contribution in [-0.2, 0) is 4.79 Å². The number of amides is 1. The molecule has 4 N–H and O–H groups in total. The molecule has 0 unspecified atom stereocenters. The second kappa shape index (κ2) is 9.25. The summed E-state index contributed by atoms with van der Waals surface area (Å²) in [5.41, 5.74) is 3.12. The molecule has 0 saturated heterocycles. The fourth-order valence-corrected chi connectivity index (χ4v) is 3.02. The number of anilines is 1. The van der Waals surface area contributed by atoms with Gasteiger partial charge in [0.25, 0.3) is 11.6 Å². The van der Waals surface area contributed by atoms with Gasteiger partial charge in [-0.1, -0.05) is 30.3 Å². The number of nitrogens with two attached hydrogens (primary N) is 1. The Balaban J connectivity index is 1.98. The second-order valence-corrected chi connectivity index (χ2v) is 7.03. The van der Waals surface area contributed by atoms with Gasteiger partial charge in [0.15, 0.2) is 12.6 Å². The molecule has 1 atom stereocenters. The van der Waals surface area contributed by atoms with E-state index in [1.807, 2.05) is 37.4 Å². The van der Waals surface area contributed by atoms with Crippen LogP contribution in [0.15, 0.2) is 42.5 Å². The molecule has 27 heavy (non-hydrogen) atoms. The predicted octanol–water partition coefficient (Wildman–Crippen LogP) is 0.599. The van der Waals surface area contributed by atoms with E-state index < -0.39 is 4.92 Å². The maximum Gasteiger partial charge on any atom is 0.293 e. The number of likely N-dealkylation sites (N-methyl/N-ethyl adjacent to an activating group) is 1. The van der Waals surface area contributed by atoms with E-state index in [9.17, 15) is 14.9 Å². The number of nitro benzene ring substituents is 1. The molecule has 2 aromatic carbocycles. The van der Waals surface area contributed by atoms with Crippen molar-refractivity contribution in [2.75, 3.05) is 32.5 Å². The largest absolute Gasteiger partial charge is 0.333 e. The summed E-state index contributed by atoms with van der Waals surface area (Å²) in [7, 11) is 4.17. The van der Waals surface area contributed by atoms with Gasteiger partial charge in [0, 0.05) is 11.6 Å². The van der Waals surface area contributed by atoms with E-state index in [4.69, 9.17) is 0 Å². The minimum absolute atomic E-state index is 0.0775. The maximum atomic E-state index is 12.3. The van der Waals surface area contributed by atoms with Crippen LogP contribution in [0.2, 0.25) is 0 Å². The molecule has 0 fully saturated rings. The first kappa shape index (κ1) is 20.5. The number of aryl methyl sites for hydroxylation is 2. The highest BCUT2D eigenvalue weighted by molar-refractivity contribution is 5.93. The zero-order valence-corrected chi connectivity index (χ0v) is 16.3. The summed E-state index contributed by atoms with van der Waals surface area (Å²) in [6.45, 7) is 4.63. The number of hydrogen-bond acceptors (Lipinski definition) is 3. The van der Waals surface area contributed by atoms with E-state index >= 15 is 0 Å². The minimum Gasteiger partial charge on any atom is -0.333 e. The van der Waals surface area contributed by atoms with Crippen molar-refractivity contribution in [3.63, 3.8) is 0 Å². The molecule has 0 saturated carbocycles. The molecule has 0 radical (unpaired) electrons. The number of nitrogens with one attached hydrogen (secondary N) is 2. The van der Waals surface area contributed by atoms with Crippen molar-refractivity contribution >= 4 is 17.3 Å². The molecule has 0 spiro atoms. The monoisotopic (exact) mass is 372 g/mol. The normalized spacial score (nSPS) is 12.0. The number of rotatable bonds is 8. The average molecular weight is 372 g/mol. The molecule has 1 amide bonds. The first-order valence-electron chi connectivity index (χ1n) is 9.01. The average Bonchev–Trinajstić information content (AvgIpc) is 2.61. The van der Waals surface area contributed by atoms with Gasteiger partial charge >= 0.3 is 0 Å². The lowest BCUT2D eigenvalue weighted by molar-refractivity contribution is -0.908. The number of nitro groups is 1. The van der Waals surface area contributed by atoms with Crippen LogP contribution in [0.1, 0.15) is 22.7 Å². The molecule has 0 aliphatic carbocycles. The molecular formula is C20H28N4O3+2. The fourth-order valence-electron chi connectivity index (χ4n) is 3.02. The zero-order valence-electron chi connectivity index (χ0n) is 16.3. The Bertz CT molecular complexity index is 806. The molecule has 0 heterocycles. The van der Waals surface area contributed by atoms with E-state index in [1.54, 1.807) is 6.07 Å². The van der Waals surface area contributed by atoms with E-state index in [-0.39, 0.29) is 29.9 Å². The Morgan fingerprint density at radius 3 is 2.41 bits per heavy atom. The fraction of sp³-hybridized carbons (Fsp3) is 0.350. The van der Waals surface area contributed by atoms with Crippen LogP contribution in [0.4, 0.5) is 11.4 Å². The lowest BCUT2D eigenvalue weighted by atomic mass is 10.1. The first-order chi connectivity index (χ1) is 12.8. The first-order valence-corrected chi connectivity index (χ1v) is 9.01. The van der Waals surface area contributed by atoms with Crippen LogP contribution in [-0.4, -0.2) is 38.0 Å². The van der Waals surface area contributed by atoms with E-state index in [0.29, 0.717) is 0 Å². The molecule has 7 heteroatoms. The molecule has 0 aliphatic rings. The third kappa shape index (κ3) is 5.60. The lowest BCUT2D eigenvalue weighted by Gasteiger charge is -2.20. The van der Waals surface area contributed by atoms with Gasteiger partial charge in [0.2, 0.25) is 0 Å². The van der Waals surface area contributed by atoms with Crippen LogP contribution in [0, 0.1) is 24.0 Å². The SMILES string of the molecule is Cc1cc(NC(=O)C[NH2+]C[C@H](c2ccccc2)[NH+](C)C)c([N+](=O)[O-])cc1C. The number of carbonyl (C=O) groups is 1. The Morgan fingerprint density at radius 1 is 1.19 bits per heavy atom. The van der Waals surface area contributed by atoms with Gasteiger partial charge < -0.3 is 15.5 Å². The van der Waals surface area contributed by atoms with Gasteiger partial charge in [-0.3, -0.25) is 14.9 Å². The predicted molar refractivity (Wildman–Crippen MR) is 105 cm³/mol. The maximum absolute atomic E-state index is 12.3. The van der Waals surface area contributed by atoms with Gasteiger partial charge in [-0.15, -0.1) is 0 Å². The van der Waals surface area contributed by atoms with E-state index in [0.717, 1.165) is 17.7 Å². The molecule has 0 aromatic heterocycles. The van der Waals surface area contributed by atoms with Crippen molar-refractivity contribution in [2.45, 2.75) is 19.9 Å². The number of hydrogen-bond donors (Lipinski definition) is 3. The van der Waals surface area contributed by atoms with Crippen LogP contribution in [0.25, 0.3) is 0 Å². The Morgan fingerprint density at radius 2 is 1.81 bits per heavy atom. The smallest absolute Gasteiger partial charge is 0.293 e. The van der Waals surface area contributed by atoms with Gasteiger partial charge in [-0.2, -0.15) is 0 Å². The third-order valence-electron chi connectivity index (χ3n) is 4.71. The van der Waals surface area contributed by atoms with Crippen molar-refractivity contribution in [2.24, 2.45) is 0 Å². The quantitative estimate of drug-likeness (QED) is 0.468. The standard InChI is InChI=1S/C20H26N4O3/c1-14-10-17(18(24(26)27)11-15(14)2)22-20(25)13-21-12-19(23(3)4)16-8-6-5-7-9-16/h5-11,19,21H,12-13H2,1-4H3,(H,22,25)/p+2/t19-/m1/s1. The van der Waals surface area contributed by atoms with Crippen LogP contribution in [0.3, 0.4) is 0 Å². The van der Waals surface area contributed by atoms with E-state index in [1.165, 1.54) is 16.5 Å². The van der Waals surface area contributed by atoms with Gasteiger partial charge in [0.1, 0.15) is 12.2 Å². The molecule has 0 aliphatic heterocycles. The summed E-state index contributed by atoms with van der Waals surface area (Å²) in [6.07, 6.45) is 0. The number of benzene rings is 2. The summed E-state index contributed by atoms with van der Waals surface area (Å²) in [4.78, 5) is 24.4. The summed E-state index contributed by atoms with van der Waals surface area (Å²) in [6, 6.07) is 13.6. The van der Waals surface area contributed by atoms with Gasteiger partial charge in [0.05, 0.1) is 19.0 Å². The molecule has 0 bridgehead atoms. The summed E-state index contributed by atoms with van der Waals surface area (Å²) in [5.74, 6) is -0.248. The van der Waals surface area contributed by atoms with Crippen LogP contribution >= 0.6 is 0 Å². The van der Waals surface area contributed by atoms with Crippen molar-refractivity contribution in [1.82, 2.24) is 0 Å². The van der Waals surface area contributed by atoms with Crippen molar-refractivity contribution < 1.29 is 19.9 Å². The lowest BCUT2D eigenvalue weighted by Crippen LogP contribution is -3.09. The van der Waals surface area contributed by atoms with Gasteiger partial charge in [-0.05, 0) is 31.0 Å². The Labute approximate surface area is 159 Å². The van der Waals surface area contributed by atoms with Crippen LogP contribution < -0.4 is 15.5 Å². The van der Waals surface area contributed by atoms with Gasteiger partial charge in [-0.25, -0.2) is 0 Å². The molecule has 7 nitrogen and oxygen atoms in total. The zero-order chi connectivity index (χ0) is 20.0. The van der Waals surface area contributed by atoms with Crippen LogP contribution in [0.5, 0.6) is 0 Å². The Hall–Kier alpha value is -2.77. The highest BCUT2D eigenvalue weighted by atomic mass is 16.6. The van der Waals surface area contributed by atoms with E-state index in [2.05, 4.69) is 31.5 Å². The van der Waals surface area contributed by atoms with Crippen molar-refractivity contribution in [3.05, 3.63) is 69.3 Å². The number of nitrogens with zero attached hydrogens (tertiary/aromatic N) is 1. The second-order valence-electron chi connectivity index (χ2n) is 7.03. The highest BCUT2D eigenvalue weighted by Gasteiger charge is 2.21. The molecule has 2 aromatic rings. The molecule has 2 rings (SSSR count). The highest BCUT2D eigenvalue weighted by Crippen LogP contribution is 2.27. The van der Waals surface area contributed by atoms with Crippen molar-refractivity contribution in [3.8, 4) is 0 Å². The number of quaternary nitrogens is 2.